The summed E-state index contributed by atoms with van der Waals surface area (Å²) in [6.07, 6.45) is 1.21. The van der Waals surface area contributed by atoms with E-state index in [1.165, 1.54) is 6.20 Å². The molecule has 0 saturated heterocycles. The molecule has 1 atom stereocenters. The molecule has 2 rings (SSSR count). The Kier molecular flexibility index (Phi) is 5.46. The van der Waals surface area contributed by atoms with Crippen molar-refractivity contribution < 1.29 is 9.72 Å². The van der Waals surface area contributed by atoms with E-state index < -0.39 is 16.7 Å². The number of benzene rings is 2. The predicted octanol–water partition coefficient (Wildman–Crippen LogP) is 2.84. The standard InChI is InChI=1S/C17H17N3O3/c1-13(14-8-4-2-5-9-14)18-12-16(20(22)23)19-17(21)15-10-6-3-7-11-15/h2-13,18H,1H3,(H,19,21)/b16-12+/t13-/m1/s1. The lowest BCUT2D eigenvalue weighted by molar-refractivity contribution is -0.430. The van der Waals surface area contributed by atoms with Gasteiger partial charge in [0, 0.05) is 6.04 Å². The van der Waals surface area contributed by atoms with Crippen LogP contribution in [-0.2, 0) is 0 Å². The SMILES string of the molecule is C[C@@H](N/C=C(\NC(=O)c1ccccc1)[N+](=O)[O-])c1ccccc1. The van der Waals surface area contributed by atoms with Gasteiger partial charge in [-0.3, -0.25) is 0 Å². The zero-order valence-corrected chi connectivity index (χ0v) is 12.6. The number of hydrogen-bond donors (Lipinski definition) is 2. The molecule has 0 radical (unpaired) electrons. The van der Waals surface area contributed by atoms with Gasteiger partial charge in [-0.2, -0.15) is 0 Å². The van der Waals surface area contributed by atoms with E-state index in [1.807, 2.05) is 37.3 Å². The summed E-state index contributed by atoms with van der Waals surface area (Å²) in [5.41, 5.74) is 1.34. The molecule has 0 saturated carbocycles. The number of hydrogen-bond acceptors (Lipinski definition) is 4. The molecule has 0 spiro atoms. The lowest BCUT2D eigenvalue weighted by Gasteiger charge is -2.12. The number of amides is 1. The first kappa shape index (κ1) is 16.2. The van der Waals surface area contributed by atoms with Crippen molar-refractivity contribution in [1.82, 2.24) is 10.6 Å². The van der Waals surface area contributed by atoms with Crippen molar-refractivity contribution in [2.45, 2.75) is 13.0 Å². The Balaban J connectivity index is 2.06. The minimum atomic E-state index is -0.633. The number of nitrogens with zero attached hydrogens (tertiary/aromatic N) is 1. The minimum Gasteiger partial charge on any atom is -0.378 e. The molecule has 118 valence electrons. The zero-order valence-electron chi connectivity index (χ0n) is 12.6. The third-order valence-corrected chi connectivity index (χ3v) is 3.24. The summed E-state index contributed by atoms with van der Waals surface area (Å²) in [6, 6.07) is 17.7. The second-order valence-electron chi connectivity index (χ2n) is 4.91. The molecule has 0 fully saturated rings. The summed E-state index contributed by atoms with van der Waals surface area (Å²) in [5, 5.41) is 16.3. The maximum atomic E-state index is 12.0. The van der Waals surface area contributed by atoms with Crippen molar-refractivity contribution >= 4 is 5.91 Å². The summed E-state index contributed by atoms with van der Waals surface area (Å²) in [6.45, 7) is 1.88. The van der Waals surface area contributed by atoms with Gasteiger partial charge < -0.3 is 15.4 Å². The van der Waals surface area contributed by atoms with Crippen LogP contribution in [0.2, 0.25) is 0 Å². The Bertz CT molecular complexity index is 700. The van der Waals surface area contributed by atoms with Gasteiger partial charge in [0.2, 0.25) is 0 Å². The summed E-state index contributed by atoms with van der Waals surface area (Å²) < 4.78 is 0. The van der Waals surface area contributed by atoms with Crippen molar-refractivity contribution in [2.24, 2.45) is 0 Å². The maximum Gasteiger partial charge on any atom is 0.339 e. The molecular weight excluding hydrogens is 294 g/mol. The van der Waals surface area contributed by atoms with Gasteiger partial charge in [0.15, 0.2) is 0 Å². The highest BCUT2D eigenvalue weighted by Crippen LogP contribution is 2.11. The molecule has 2 aromatic rings. The Labute approximate surface area is 134 Å². The van der Waals surface area contributed by atoms with E-state index in [1.54, 1.807) is 30.3 Å². The Morgan fingerprint density at radius 1 is 1.09 bits per heavy atom. The number of carbonyl (C=O) groups excluding carboxylic acids is 1. The molecule has 6 heteroatoms. The van der Waals surface area contributed by atoms with E-state index >= 15 is 0 Å². The normalized spacial score (nSPS) is 12.3. The molecule has 2 aromatic carbocycles. The lowest BCUT2D eigenvalue weighted by atomic mass is 10.1. The molecule has 0 aromatic heterocycles. The fourth-order valence-electron chi connectivity index (χ4n) is 1.95. The van der Waals surface area contributed by atoms with Crippen molar-refractivity contribution in [2.75, 3.05) is 0 Å². The Morgan fingerprint density at radius 2 is 1.65 bits per heavy atom. The first-order valence-corrected chi connectivity index (χ1v) is 7.10. The molecule has 0 heterocycles. The zero-order chi connectivity index (χ0) is 16.7. The quantitative estimate of drug-likeness (QED) is 0.634. The molecule has 0 aliphatic carbocycles. The molecule has 2 N–H and O–H groups in total. The number of nitrogens with one attached hydrogen (secondary N) is 2. The van der Waals surface area contributed by atoms with Gasteiger partial charge in [-0.1, -0.05) is 48.5 Å². The average Bonchev–Trinajstić information content (AvgIpc) is 2.59. The number of carbonyl (C=O) groups is 1. The van der Waals surface area contributed by atoms with E-state index in [-0.39, 0.29) is 6.04 Å². The van der Waals surface area contributed by atoms with Crippen LogP contribution in [0.5, 0.6) is 0 Å². The highest BCUT2D eigenvalue weighted by molar-refractivity contribution is 5.94. The first-order valence-electron chi connectivity index (χ1n) is 7.10. The number of rotatable bonds is 6. The maximum absolute atomic E-state index is 12.0. The molecule has 0 unspecified atom stereocenters. The molecule has 0 aliphatic rings. The Hall–Kier alpha value is -3.15. The molecule has 0 aliphatic heterocycles. The molecule has 1 amide bonds. The van der Waals surface area contributed by atoms with Gasteiger partial charge >= 0.3 is 11.7 Å². The van der Waals surface area contributed by atoms with Crippen LogP contribution < -0.4 is 10.6 Å². The van der Waals surface area contributed by atoms with Crippen LogP contribution in [-0.4, -0.2) is 10.8 Å². The van der Waals surface area contributed by atoms with Crippen molar-refractivity contribution in [3.63, 3.8) is 0 Å². The summed E-state index contributed by atoms with van der Waals surface area (Å²) in [4.78, 5) is 22.5. The largest absolute Gasteiger partial charge is 0.378 e. The molecule has 0 bridgehead atoms. The lowest BCUT2D eigenvalue weighted by Crippen LogP contribution is -2.29. The van der Waals surface area contributed by atoms with E-state index in [0.29, 0.717) is 5.56 Å². The third kappa shape index (κ3) is 4.67. The van der Waals surface area contributed by atoms with Gasteiger partial charge in [0.25, 0.3) is 0 Å². The van der Waals surface area contributed by atoms with Crippen LogP contribution in [0.4, 0.5) is 0 Å². The van der Waals surface area contributed by atoms with Crippen molar-refractivity contribution in [1.29, 1.82) is 0 Å². The van der Waals surface area contributed by atoms with Crippen LogP contribution in [0.1, 0.15) is 28.9 Å². The highest BCUT2D eigenvalue weighted by Gasteiger charge is 2.17. The van der Waals surface area contributed by atoms with Gasteiger partial charge in [-0.05, 0) is 29.5 Å². The molecule has 6 nitrogen and oxygen atoms in total. The van der Waals surface area contributed by atoms with E-state index in [9.17, 15) is 14.9 Å². The van der Waals surface area contributed by atoms with Gasteiger partial charge in [0.05, 0.1) is 11.8 Å². The highest BCUT2D eigenvalue weighted by atomic mass is 16.6. The number of nitro groups is 1. The van der Waals surface area contributed by atoms with Crippen LogP contribution in [0.25, 0.3) is 0 Å². The second-order valence-corrected chi connectivity index (χ2v) is 4.91. The predicted molar refractivity (Wildman–Crippen MR) is 87.0 cm³/mol. The second kappa shape index (κ2) is 7.74. The van der Waals surface area contributed by atoms with E-state index in [4.69, 9.17) is 0 Å². The summed E-state index contributed by atoms with van der Waals surface area (Å²) in [7, 11) is 0. The first-order chi connectivity index (χ1) is 11.1. The van der Waals surface area contributed by atoms with Crippen LogP contribution in [0.15, 0.2) is 72.7 Å². The van der Waals surface area contributed by atoms with E-state index in [2.05, 4.69) is 10.6 Å². The third-order valence-electron chi connectivity index (χ3n) is 3.24. The van der Waals surface area contributed by atoms with Crippen molar-refractivity contribution in [3.05, 3.63) is 93.9 Å². The average molecular weight is 311 g/mol. The fourth-order valence-corrected chi connectivity index (χ4v) is 1.95. The minimum absolute atomic E-state index is 0.125. The summed E-state index contributed by atoms with van der Waals surface area (Å²) in [5.74, 6) is -0.927. The van der Waals surface area contributed by atoms with Crippen LogP contribution in [0, 0.1) is 10.1 Å². The monoisotopic (exact) mass is 311 g/mol. The topological polar surface area (TPSA) is 84.3 Å². The summed E-state index contributed by atoms with van der Waals surface area (Å²) >= 11 is 0. The van der Waals surface area contributed by atoms with Crippen molar-refractivity contribution in [3.8, 4) is 0 Å². The van der Waals surface area contributed by atoms with Crippen LogP contribution in [0.3, 0.4) is 0 Å². The van der Waals surface area contributed by atoms with E-state index in [0.717, 1.165) is 5.56 Å². The molecule has 23 heavy (non-hydrogen) atoms. The van der Waals surface area contributed by atoms with Gasteiger partial charge in [-0.15, -0.1) is 0 Å². The van der Waals surface area contributed by atoms with Crippen LogP contribution >= 0.6 is 0 Å². The van der Waals surface area contributed by atoms with Gasteiger partial charge in [0.1, 0.15) is 0 Å². The molecular formula is C17H17N3O3. The smallest absolute Gasteiger partial charge is 0.339 e. The fraction of sp³-hybridized carbons (Fsp3) is 0.118. The Morgan fingerprint density at radius 3 is 2.22 bits per heavy atom. The van der Waals surface area contributed by atoms with Gasteiger partial charge in [-0.25, -0.2) is 10.1 Å².